The van der Waals surface area contributed by atoms with Crippen molar-refractivity contribution < 1.29 is 9.15 Å². The largest absolute Gasteiger partial charge is 0.457 e. The lowest BCUT2D eigenvalue weighted by Gasteiger charge is -2.12. The van der Waals surface area contributed by atoms with Crippen molar-refractivity contribution in [1.29, 1.82) is 0 Å². The summed E-state index contributed by atoms with van der Waals surface area (Å²) in [5.74, 6) is 4.64. The second-order valence-electron chi connectivity index (χ2n) is 13.1. The van der Waals surface area contributed by atoms with Crippen molar-refractivity contribution in [3.8, 4) is 79.8 Å². The van der Waals surface area contributed by atoms with Gasteiger partial charge in [-0.2, -0.15) is 0 Å². The molecule has 0 atom stereocenters. The van der Waals surface area contributed by atoms with E-state index in [9.17, 15) is 0 Å². The van der Waals surface area contributed by atoms with Gasteiger partial charge in [0.2, 0.25) is 0 Å². The van der Waals surface area contributed by atoms with E-state index < -0.39 is 0 Å². The molecule has 0 bridgehead atoms. The Hall–Kier alpha value is -7.84. The average molecular weight is 723 g/mol. The second kappa shape index (κ2) is 14.2. The summed E-state index contributed by atoms with van der Waals surface area (Å²) >= 11 is 0. The van der Waals surface area contributed by atoms with E-state index in [0.717, 1.165) is 49.9 Å². The van der Waals surface area contributed by atoms with Crippen molar-refractivity contribution in [2.45, 2.75) is 0 Å². The molecule has 0 saturated heterocycles. The molecule has 0 aliphatic heterocycles. The third-order valence-corrected chi connectivity index (χ3v) is 9.46. The number of furan rings is 1. The molecule has 0 amide bonds. The number of hydrogen-bond acceptors (Lipinski definition) is 8. The lowest BCUT2D eigenvalue weighted by molar-refractivity contribution is 0.484. The third-order valence-electron chi connectivity index (χ3n) is 9.46. The standard InChI is InChI=1S/C48H30N6O2/c1-5-16-31(17-6-1)43-49-44(32-18-7-2-8-19-32)53-48(52-43)38-25-15-27-40-42(38)36-29-28-34(30-41(36)56-40)46-50-45(33-20-9-3-10-21-33)51-47(54-46)37-24-13-14-26-39(37)55-35-22-11-4-12-23-35/h1-30H. The number of nitrogens with zero attached hydrogens (tertiary/aromatic N) is 6. The first-order valence-electron chi connectivity index (χ1n) is 18.2. The molecule has 0 spiro atoms. The van der Waals surface area contributed by atoms with Crippen LogP contribution in [0.15, 0.2) is 186 Å². The van der Waals surface area contributed by atoms with Crippen molar-refractivity contribution >= 4 is 21.9 Å². The highest BCUT2D eigenvalue weighted by atomic mass is 16.5. The first-order valence-corrected chi connectivity index (χ1v) is 18.2. The van der Waals surface area contributed by atoms with Crippen LogP contribution in [0.4, 0.5) is 0 Å². The van der Waals surface area contributed by atoms with Gasteiger partial charge in [0.25, 0.3) is 0 Å². The fourth-order valence-electron chi connectivity index (χ4n) is 6.78. The number of hydrogen-bond donors (Lipinski definition) is 0. The van der Waals surface area contributed by atoms with Gasteiger partial charge in [0.05, 0.1) is 5.56 Å². The van der Waals surface area contributed by atoms with Gasteiger partial charge in [-0.05, 0) is 42.5 Å². The molecule has 8 heteroatoms. The summed E-state index contributed by atoms with van der Waals surface area (Å²) in [6.45, 7) is 0. The van der Waals surface area contributed by atoms with Crippen LogP contribution >= 0.6 is 0 Å². The quantitative estimate of drug-likeness (QED) is 0.153. The molecule has 0 saturated carbocycles. The van der Waals surface area contributed by atoms with Crippen LogP contribution in [0.3, 0.4) is 0 Å². The van der Waals surface area contributed by atoms with E-state index in [2.05, 4.69) is 6.07 Å². The molecule has 56 heavy (non-hydrogen) atoms. The summed E-state index contributed by atoms with van der Waals surface area (Å²) in [7, 11) is 0. The van der Waals surface area contributed by atoms with Crippen molar-refractivity contribution in [1.82, 2.24) is 29.9 Å². The van der Waals surface area contributed by atoms with Gasteiger partial charge in [0, 0.05) is 38.6 Å². The zero-order chi connectivity index (χ0) is 37.3. The molecule has 8 nitrogen and oxygen atoms in total. The fourth-order valence-corrected chi connectivity index (χ4v) is 6.78. The van der Waals surface area contributed by atoms with Crippen molar-refractivity contribution in [2.24, 2.45) is 0 Å². The molecular weight excluding hydrogens is 693 g/mol. The van der Waals surface area contributed by atoms with Crippen LogP contribution in [0, 0.1) is 0 Å². The first-order chi connectivity index (χ1) is 27.7. The molecule has 3 aromatic heterocycles. The van der Waals surface area contributed by atoms with Crippen LogP contribution < -0.4 is 4.74 Å². The molecule has 0 aliphatic rings. The van der Waals surface area contributed by atoms with Gasteiger partial charge in [-0.1, -0.05) is 140 Å². The molecule has 0 fully saturated rings. The minimum Gasteiger partial charge on any atom is -0.457 e. The van der Waals surface area contributed by atoms with Gasteiger partial charge in [-0.15, -0.1) is 0 Å². The summed E-state index contributed by atoms with van der Waals surface area (Å²) in [6, 6.07) is 59.3. The first kappa shape index (κ1) is 32.8. The Bertz CT molecular complexity index is 2930. The van der Waals surface area contributed by atoms with Crippen molar-refractivity contribution in [3.63, 3.8) is 0 Å². The van der Waals surface area contributed by atoms with Crippen LogP contribution in [0.5, 0.6) is 11.5 Å². The minimum absolute atomic E-state index is 0.491. The number of ether oxygens (including phenoxy) is 1. The van der Waals surface area contributed by atoms with Crippen LogP contribution in [0.25, 0.3) is 90.3 Å². The molecule has 264 valence electrons. The van der Waals surface area contributed by atoms with Crippen LogP contribution in [-0.4, -0.2) is 29.9 Å². The van der Waals surface area contributed by atoms with Gasteiger partial charge in [0.1, 0.15) is 22.7 Å². The number of para-hydroxylation sites is 2. The van der Waals surface area contributed by atoms with Gasteiger partial charge in [-0.25, -0.2) is 29.9 Å². The van der Waals surface area contributed by atoms with E-state index in [-0.39, 0.29) is 0 Å². The Kier molecular flexibility index (Phi) is 8.31. The fraction of sp³-hybridized carbons (Fsp3) is 0. The maximum atomic E-state index is 6.56. The van der Waals surface area contributed by atoms with Gasteiger partial charge >= 0.3 is 0 Å². The normalized spacial score (nSPS) is 11.2. The monoisotopic (exact) mass is 722 g/mol. The van der Waals surface area contributed by atoms with E-state index >= 15 is 0 Å². The topological polar surface area (TPSA) is 99.7 Å². The van der Waals surface area contributed by atoms with Crippen LogP contribution in [-0.2, 0) is 0 Å². The number of benzene rings is 7. The molecule has 3 heterocycles. The maximum Gasteiger partial charge on any atom is 0.167 e. The molecule has 10 aromatic rings. The molecule has 10 rings (SSSR count). The van der Waals surface area contributed by atoms with E-state index in [1.165, 1.54) is 0 Å². The number of aromatic nitrogens is 6. The van der Waals surface area contributed by atoms with E-state index in [4.69, 9.17) is 39.1 Å². The second-order valence-corrected chi connectivity index (χ2v) is 13.1. The highest BCUT2D eigenvalue weighted by Crippen LogP contribution is 2.39. The van der Waals surface area contributed by atoms with Gasteiger partial charge < -0.3 is 9.15 Å². The zero-order valence-electron chi connectivity index (χ0n) is 29.8. The summed E-state index contributed by atoms with van der Waals surface area (Å²) in [5.41, 5.74) is 6.44. The lowest BCUT2D eigenvalue weighted by Crippen LogP contribution is -2.01. The highest BCUT2D eigenvalue weighted by molar-refractivity contribution is 6.12. The van der Waals surface area contributed by atoms with E-state index in [1.807, 2.05) is 176 Å². The van der Waals surface area contributed by atoms with Gasteiger partial charge in [0.15, 0.2) is 34.9 Å². The average Bonchev–Trinajstić information content (AvgIpc) is 3.66. The highest BCUT2D eigenvalue weighted by Gasteiger charge is 2.20. The Morgan fingerprint density at radius 3 is 1.39 bits per heavy atom. The number of rotatable bonds is 8. The molecule has 7 aromatic carbocycles. The van der Waals surface area contributed by atoms with Crippen LogP contribution in [0.1, 0.15) is 0 Å². The molecule has 0 radical (unpaired) electrons. The molecule has 0 unspecified atom stereocenters. The summed E-state index contributed by atoms with van der Waals surface area (Å²) in [6.07, 6.45) is 0. The third kappa shape index (κ3) is 6.31. The predicted octanol–water partition coefficient (Wildman–Crippen LogP) is 11.8. The molecular formula is C48H30N6O2. The predicted molar refractivity (Wildman–Crippen MR) is 220 cm³/mol. The van der Waals surface area contributed by atoms with Crippen molar-refractivity contribution in [2.75, 3.05) is 0 Å². The van der Waals surface area contributed by atoms with Gasteiger partial charge in [-0.3, -0.25) is 0 Å². The summed E-state index contributed by atoms with van der Waals surface area (Å²) in [4.78, 5) is 29.9. The van der Waals surface area contributed by atoms with E-state index in [0.29, 0.717) is 51.9 Å². The van der Waals surface area contributed by atoms with Crippen molar-refractivity contribution in [3.05, 3.63) is 182 Å². The number of fused-ring (bicyclic) bond motifs is 3. The Labute approximate surface area is 321 Å². The summed E-state index contributed by atoms with van der Waals surface area (Å²) < 4.78 is 12.9. The molecule has 0 N–H and O–H groups in total. The SMILES string of the molecule is c1ccc(Oc2ccccc2-c2nc(-c3ccccc3)nc(-c3ccc4c(c3)oc3cccc(-c5nc(-c6ccccc6)nc(-c6ccccc6)n5)c34)n2)cc1. The van der Waals surface area contributed by atoms with Crippen LogP contribution in [0.2, 0.25) is 0 Å². The Balaban J connectivity index is 1.11. The Morgan fingerprint density at radius 2 is 0.804 bits per heavy atom. The zero-order valence-corrected chi connectivity index (χ0v) is 29.8. The minimum atomic E-state index is 0.491. The lowest BCUT2D eigenvalue weighted by atomic mass is 10.0. The maximum absolute atomic E-state index is 6.56. The smallest absolute Gasteiger partial charge is 0.167 e. The Morgan fingerprint density at radius 1 is 0.339 bits per heavy atom. The summed E-state index contributed by atoms with van der Waals surface area (Å²) in [5, 5.41) is 1.83. The molecule has 0 aliphatic carbocycles. The van der Waals surface area contributed by atoms with E-state index in [1.54, 1.807) is 0 Å².